The lowest BCUT2D eigenvalue weighted by molar-refractivity contribution is 0.0951. The highest BCUT2D eigenvalue weighted by molar-refractivity contribution is 5.96. The van der Waals surface area contributed by atoms with Crippen LogP contribution in [0.4, 0.5) is 0 Å². The Balaban J connectivity index is 1.51. The number of hydrogen-bond acceptors (Lipinski definition) is 7. The number of carbonyl (C=O) groups excluding carboxylic acids is 1. The summed E-state index contributed by atoms with van der Waals surface area (Å²) in [6.45, 7) is 2.26. The van der Waals surface area contributed by atoms with Gasteiger partial charge in [0.1, 0.15) is 5.75 Å². The lowest BCUT2D eigenvalue weighted by Gasteiger charge is -2.13. The number of nitrogens with one attached hydrogen (secondary N) is 2. The maximum absolute atomic E-state index is 12.7. The number of aryl methyl sites for hydroxylation is 1. The second-order valence-electron chi connectivity index (χ2n) is 8.91. The van der Waals surface area contributed by atoms with E-state index in [1.807, 2.05) is 56.4 Å². The molecule has 0 atom stereocenters. The number of rotatable bonds is 4. The number of likely N-dealkylation sites (N-methyl/N-ethyl adjacent to an activating group) is 1. The summed E-state index contributed by atoms with van der Waals surface area (Å²) in [5.41, 5.74) is 4.51. The molecular weight excluding hydrogens is 458 g/mol. The fourth-order valence-corrected chi connectivity index (χ4v) is 4.01. The zero-order valence-corrected chi connectivity index (χ0v) is 20.6. The summed E-state index contributed by atoms with van der Waals surface area (Å²) in [6, 6.07) is 7.44. The van der Waals surface area contributed by atoms with Crippen molar-refractivity contribution in [2.75, 3.05) is 40.4 Å². The zero-order chi connectivity index (χ0) is 25.1. The summed E-state index contributed by atoms with van der Waals surface area (Å²) in [5, 5.41) is 15.7. The number of H-pyrrole nitrogens is 1. The van der Waals surface area contributed by atoms with E-state index >= 15 is 0 Å². The normalized spacial score (nSPS) is 14.3. The number of aromatic nitrogens is 5. The first kappa shape index (κ1) is 23.6. The SMILES string of the molecule is CN(C)CCNC(=O)c1ccc2c(c1)/C=C/c1n[nH]c3cnc(cc13)-c1cnn(C)c1OCCCO2. The van der Waals surface area contributed by atoms with E-state index in [9.17, 15) is 4.79 Å². The van der Waals surface area contributed by atoms with Gasteiger partial charge in [0.2, 0.25) is 5.88 Å². The van der Waals surface area contributed by atoms with Gasteiger partial charge in [-0.15, -0.1) is 0 Å². The fourth-order valence-electron chi connectivity index (χ4n) is 4.01. The van der Waals surface area contributed by atoms with Crippen LogP contribution >= 0.6 is 0 Å². The van der Waals surface area contributed by atoms with Gasteiger partial charge in [-0.3, -0.25) is 14.9 Å². The summed E-state index contributed by atoms with van der Waals surface area (Å²) >= 11 is 0. The Morgan fingerprint density at radius 2 is 2.03 bits per heavy atom. The highest BCUT2D eigenvalue weighted by Crippen LogP contribution is 2.31. The molecule has 36 heavy (non-hydrogen) atoms. The standard InChI is InChI=1S/C26H29N7O3/c1-32(2)10-9-27-25(34)18-6-8-24-17(13-18)5-7-21-19-14-22(28-16-23(19)31-30-21)20-15-29-33(3)26(20)36-12-4-11-35-24/h5-8,13-16H,4,9-12H2,1-3H3,(H,27,34)(H,30,31)/b7-5+. The molecule has 1 amide bonds. The highest BCUT2D eigenvalue weighted by atomic mass is 16.5. The third-order valence-electron chi connectivity index (χ3n) is 5.96. The van der Waals surface area contributed by atoms with Gasteiger partial charge in [-0.05, 0) is 50.5 Å². The number of carbonyl (C=O) groups is 1. The fraction of sp³-hybridized carbons (Fsp3) is 0.308. The minimum atomic E-state index is -0.121. The van der Waals surface area contributed by atoms with E-state index in [1.165, 1.54) is 0 Å². The molecule has 2 bridgehead atoms. The largest absolute Gasteiger partial charge is 0.493 e. The van der Waals surface area contributed by atoms with Crippen molar-refractivity contribution < 1.29 is 14.3 Å². The van der Waals surface area contributed by atoms with Crippen LogP contribution in [0.3, 0.4) is 0 Å². The molecule has 2 N–H and O–H groups in total. The minimum absolute atomic E-state index is 0.121. The molecule has 1 aromatic carbocycles. The van der Waals surface area contributed by atoms with Gasteiger partial charge in [0.25, 0.3) is 5.91 Å². The molecule has 0 radical (unpaired) electrons. The van der Waals surface area contributed by atoms with Crippen LogP contribution < -0.4 is 14.8 Å². The summed E-state index contributed by atoms with van der Waals surface area (Å²) in [6.07, 6.45) is 8.03. The van der Waals surface area contributed by atoms with E-state index < -0.39 is 0 Å². The van der Waals surface area contributed by atoms with Gasteiger partial charge in [0, 0.05) is 43.1 Å². The molecule has 1 aliphatic rings. The first-order valence-corrected chi connectivity index (χ1v) is 11.9. The average Bonchev–Trinajstić information content (AvgIpc) is 3.44. The van der Waals surface area contributed by atoms with Gasteiger partial charge >= 0.3 is 0 Å². The maximum Gasteiger partial charge on any atom is 0.251 e. The molecule has 0 aliphatic carbocycles. The van der Waals surface area contributed by atoms with Crippen molar-refractivity contribution in [2.45, 2.75) is 6.42 Å². The number of nitrogens with zero attached hydrogens (tertiary/aromatic N) is 5. The monoisotopic (exact) mass is 487 g/mol. The molecule has 186 valence electrons. The molecule has 0 fully saturated rings. The molecule has 0 saturated heterocycles. The van der Waals surface area contributed by atoms with Crippen LogP contribution in [0.15, 0.2) is 36.7 Å². The van der Waals surface area contributed by atoms with E-state index in [4.69, 9.17) is 9.47 Å². The van der Waals surface area contributed by atoms with E-state index in [1.54, 1.807) is 23.1 Å². The Morgan fingerprint density at radius 1 is 1.17 bits per heavy atom. The Morgan fingerprint density at radius 3 is 2.89 bits per heavy atom. The number of amides is 1. The molecular formula is C26H29N7O3. The molecule has 5 rings (SSSR count). The maximum atomic E-state index is 12.7. The zero-order valence-electron chi connectivity index (χ0n) is 20.6. The Labute approximate surface area is 208 Å². The first-order valence-electron chi connectivity index (χ1n) is 11.9. The number of benzene rings is 1. The molecule has 0 saturated carbocycles. The molecule has 4 aromatic rings. The topological polar surface area (TPSA) is 110 Å². The van der Waals surface area contributed by atoms with Crippen LogP contribution in [0.25, 0.3) is 34.3 Å². The average molecular weight is 488 g/mol. The smallest absolute Gasteiger partial charge is 0.251 e. The van der Waals surface area contributed by atoms with Crippen LogP contribution in [0.5, 0.6) is 11.6 Å². The molecule has 0 spiro atoms. The third kappa shape index (κ3) is 4.94. The van der Waals surface area contributed by atoms with E-state index in [0.29, 0.717) is 43.4 Å². The second-order valence-corrected chi connectivity index (χ2v) is 8.91. The molecule has 10 heteroatoms. The summed E-state index contributed by atoms with van der Waals surface area (Å²) in [5.74, 6) is 1.22. The van der Waals surface area contributed by atoms with Gasteiger partial charge in [-0.25, -0.2) is 4.68 Å². The predicted octanol–water partition coefficient (Wildman–Crippen LogP) is 2.98. The van der Waals surface area contributed by atoms with Gasteiger partial charge in [0.05, 0.1) is 48.1 Å². The first-order chi connectivity index (χ1) is 17.5. The number of aromatic amines is 1. The second kappa shape index (κ2) is 10.2. The van der Waals surface area contributed by atoms with Crippen molar-refractivity contribution >= 4 is 29.0 Å². The summed E-state index contributed by atoms with van der Waals surface area (Å²) in [7, 11) is 5.79. The molecule has 1 aliphatic heterocycles. The molecule has 10 nitrogen and oxygen atoms in total. The lowest BCUT2D eigenvalue weighted by atomic mass is 10.1. The highest BCUT2D eigenvalue weighted by Gasteiger charge is 2.16. The van der Waals surface area contributed by atoms with E-state index in [0.717, 1.165) is 40.0 Å². The van der Waals surface area contributed by atoms with Gasteiger partial charge in [0.15, 0.2) is 0 Å². The Hall–Kier alpha value is -4.18. The van der Waals surface area contributed by atoms with Crippen molar-refractivity contribution in [3.05, 3.63) is 53.5 Å². The third-order valence-corrected chi connectivity index (χ3v) is 5.96. The quantitative estimate of drug-likeness (QED) is 0.455. The van der Waals surface area contributed by atoms with Gasteiger partial charge in [-0.1, -0.05) is 0 Å². The van der Waals surface area contributed by atoms with E-state index in [-0.39, 0.29) is 5.91 Å². The Kier molecular flexibility index (Phi) is 6.68. The Bertz CT molecular complexity index is 1420. The molecule has 0 unspecified atom stereocenters. The molecule has 3 aromatic heterocycles. The van der Waals surface area contributed by atoms with Gasteiger partial charge in [-0.2, -0.15) is 10.2 Å². The van der Waals surface area contributed by atoms with Crippen molar-refractivity contribution in [3.8, 4) is 22.9 Å². The number of fused-ring (bicyclic) bond motifs is 4. The van der Waals surface area contributed by atoms with Crippen LogP contribution in [0.2, 0.25) is 0 Å². The number of hydrogen-bond donors (Lipinski definition) is 2. The van der Waals surface area contributed by atoms with Crippen molar-refractivity contribution in [3.63, 3.8) is 0 Å². The van der Waals surface area contributed by atoms with Crippen molar-refractivity contribution in [2.24, 2.45) is 7.05 Å². The summed E-state index contributed by atoms with van der Waals surface area (Å²) < 4.78 is 13.8. The van der Waals surface area contributed by atoms with Crippen molar-refractivity contribution in [1.29, 1.82) is 0 Å². The predicted molar refractivity (Wildman–Crippen MR) is 138 cm³/mol. The number of ether oxygens (including phenoxy) is 2. The van der Waals surface area contributed by atoms with Crippen LogP contribution in [0, 0.1) is 0 Å². The van der Waals surface area contributed by atoms with Crippen LogP contribution in [-0.4, -0.2) is 76.2 Å². The summed E-state index contributed by atoms with van der Waals surface area (Å²) in [4.78, 5) is 19.3. The van der Waals surface area contributed by atoms with Gasteiger partial charge < -0.3 is 19.7 Å². The van der Waals surface area contributed by atoms with Crippen LogP contribution in [0.1, 0.15) is 28.0 Å². The van der Waals surface area contributed by atoms with Crippen molar-refractivity contribution in [1.82, 2.24) is 35.2 Å². The number of pyridine rings is 1. The molecule has 4 heterocycles. The van der Waals surface area contributed by atoms with Crippen LogP contribution in [-0.2, 0) is 7.05 Å². The minimum Gasteiger partial charge on any atom is -0.493 e. The lowest BCUT2D eigenvalue weighted by Crippen LogP contribution is -2.31. The van der Waals surface area contributed by atoms with E-state index in [2.05, 4.69) is 25.6 Å².